The van der Waals surface area contributed by atoms with E-state index in [1.54, 1.807) is 27.7 Å². The maximum Gasteiger partial charge on any atom is 0.376 e. The van der Waals surface area contributed by atoms with E-state index in [0.29, 0.717) is 0 Å². The van der Waals surface area contributed by atoms with Crippen LogP contribution in [0.1, 0.15) is 27.7 Å². The van der Waals surface area contributed by atoms with Crippen LogP contribution in [0.25, 0.3) is 0 Å². The van der Waals surface area contributed by atoms with Crippen molar-refractivity contribution in [2.24, 2.45) is 11.8 Å². The van der Waals surface area contributed by atoms with Gasteiger partial charge in [0.15, 0.2) is 0 Å². The maximum atomic E-state index is 13.5. The Kier molecular flexibility index (Phi) is 3.33. The number of hydrogen-bond acceptors (Lipinski definition) is 2. The van der Waals surface area contributed by atoms with Crippen LogP contribution < -0.4 is 5.32 Å². The second-order valence-corrected chi connectivity index (χ2v) is 4.57. The Balaban J connectivity index is 2.84. The highest BCUT2D eigenvalue weighted by atomic mass is 19.3. The quantitative estimate of drug-likeness (QED) is 0.771. The summed E-state index contributed by atoms with van der Waals surface area (Å²) in [6.45, 7) is 6.60. The number of hydrogen-bond donors (Lipinski definition) is 1. The van der Waals surface area contributed by atoms with Crippen molar-refractivity contribution in [3.05, 3.63) is 0 Å². The summed E-state index contributed by atoms with van der Waals surface area (Å²) in [5, 5.41) is 2.32. The molecule has 0 saturated carbocycles. The Bertz CT molecular complexity index is 254. The summed E-state index contributed by atoms with van der Waals surface area (Å²) < 4.78 is 31.5. The first-order valence-corrected chi connectivity index (χ1v) is 5.11. The number of alkyl halides is 2. The smallest absolute Gasteiger partial charge is 0.342 e. The number of rotatable bonds is 2. The number of nitrogens with one attached hydrogen (secondary N) is 1. The van der Waals surface area contributed by atoms with E-state index < -0.39 is 24.2 Å². The molecule has 0 aromatic heterocycles. The van der Waals surface area contributed by atoms with Gasteiger partial charge in [0.05, 0.1) is 0 Å². The first kappa shape index (κ1) is 12.4. The molecule has 0 spiro atoms. The highest BCUT2D eigenvalue weighted by molar-refractivity contribution is 5.82. The first-order chi connectivity index (χ1) is 6.75. The third-order valence-electron chi connectivity index (χ3n) is 2.47. The molecule has 2 atom stereocenters. The van der Waals surface area contributed by atoms with Gasteiger partial charge >= 0.3 is 6.11 Å². The van der Waals surface area contributed by atoms with Gasteiger partial charge in [0, 0.05) is 0 Å². The summed E-state index contributed by atoms with van der Waals surface area (Å²) in [6, 6.07) is -1.24. The summed E-state index contributed by atoms with van der Waals surface area (Å²) >= 11 is 0. The molecule has 0 aliphatic carbocycles. The molecule has 88 valence electrons. The van der Waals surface area contributed by atoms with Crippen LogP contribution in [0.5, 0.6) is 0 Å². The van der Waals surface area contributed by atoms with Gasteiger partial charge in [-0.25, -0.2) is 0 Å². The molecule has 1 aliphatic rings. The van der Waals surface area contributed by atoms with Gasteiger partial charge in [-0.15, -0.1) is 0 Å². The Morgan fingerprint density at radius 2 is 1.80 bits per heavy atom. The molecule has 1 saturated heterocycles. The minimum Gasteiger partial charge on any atom is -0.342 e. The average molecular weight is 221 g/mol. The number of carbonyl (C=O) groups excluding carboxylic acids is 1. The van der Waals surface area contributed by atoms with Crippen LogP contribution in [0.4, 0.5) is 8.78 Å². The number of carbonyl (C=O) groups is 1. The maximum absolute atomic E-state index is 13.5. The SMILES string of the molecule is CC(C)C1OC(F)(F)C(C(C)C)NC1=O. The molecule has 1 amide bonds. The zero-order valence-corrected chi connectivity index (χ0v) is 9.38. The van der Waals surface area contributed by atoms with Crippen molar-refractivity contribution in [2.45, 2.75) is 45.9 Å². The molecule has 0 aromatic carbocycles. The molecule has 0 bridgehead atoms. The molecule has 0 radical (unpaired) electrons. The number of amides is 1. The van der Waals surface area contributed by atoms with Crippen LogP contribution in [-0.4, -0.2) is 24.2 Å². The predicted molar refractivity (Wildman–Crippen MR) is 51.4 cm³/mol. The zero-order chi connectivity index (χ0) is 11.8. The Morgan fingerprint density at radius 3 is 2.20 bits per heavy atom. The van der Waals surface area contributed by atoms with E-state index in [2.05, 4.69) is 10.1 Å². The average Bonchev–Trinajstić information content (AvgIpc) is 2.07. The lowest BCUT2D eigenvalue weighted by atomic mass is 9.98. The molecule has 1 fully saturated rings. The molecular formula is C10H17F2NO2. The van der Waals surface area contributed by atoms with Crippen molar-refractivity contribution in [3.8, 4) is 0 Å². The van der Waals surface area contributed by atoms with E-state index in [1.807, 2.05) is 0 Å². The van der Waals surface area contributed by atoms with Crippen LogP contribution in [0, 0.1) is 11.8 Å². The zero-order valence-electron chi connectivity index (χ0n) is 9.38. The van der Waals surface area contributed by atoms with Crippen LogP contribution in [0.15, 0.2) is 0 Å². The highest BCUT2D eigenvalue weighted by Gasteiger charge is 2.51. The van der Waals surface area contributed by atoms with Crippen LogP contribution in [0.2, 0.25) is 0 Å². The fraction of sp³-hybridized carbons (Fsp3) is 0.900. The van der Waals surface area contributed by atoms with E-state index in [-0.39, 0.29) is 11.8 Å². The molecular weight excluding hydrogens is 204 g/mol. The summed E-state index contributed by atoms with van der Waals surface area (Å²) in [5.74, 6) is -1.07. The number of ether oxygens (including phenoxy) is 1. The summed E-state index contributed by atoms with van der Waals surface area (Å²) in [7, 11) is 0. The van der Waals surface area contributed by atoms with Crippen molar-refractivity contribution in [1.29, 1.82) is 0 Å². The van der Waals surface area contributed by atoms with Gasteiger partial charge in [0.25, 0.3) is 0 Å². The molecule has 3 nitrogen and oxygen atoms in total. The standard InChI is InChI=1S/C10H17F2NO2/c1-5(2)7-9(14)13-8(6(3)4)10(11,12)15-7/h5-8H,1-4H3,(H,13,14). The van der Waals surface area contributed by atoms with Crippen LogP contribution in [-0.2, 0) is 9.53 Å². The van der Waals surface area contributed by atoms with E-state index in [0.717, 1.165) is 0 Å². The molecule has 5 heteroatoms. The summed E-state index contributed by atoms with van der Waals surface area (Å²) in [4.78, 5) is 11.5. The third kappa shape index (κ3) is 2.45. The van der Waals surface area contributed by atoms with Crippen molar-refractivity contribution in [2.75, 3.05) is 0 Å². The lowest BCUT2D eigenvalue weighted by molar-refractivity contribution is -0.299. The van der Waals surface area contributed by atoms with E-state index in [9.17, 15) is 13.6 Å². The van der Waals surface area contributed by atoms with Gasteiger partial charge in [0.2, 0.25) is 5.91 Å². The fourth-order valence-corrected chi connectivity index (χ4v) is 1.61. The second kappa shape index (κ2) is 4.04. The van der Waals surface area contributed by atoms with E-state index in [1.165, 1.54) is 0 Å². The minimum atomic E-state index is -3.28. The van der Waals surface area contributed by atoms with Crippen molar-refractivity contribution in [1.82, 2.24) is 5.32 Å². The van der Waals surface area contributed by atoms with Crippen LogP contribution in [0.3, 0.4) is 0 Å². The number of morpholine rings is 1. The van der Waals surface area contributed by atoms with Crippen LogP contribution >= 0.6 is 0 Å². The Morgan fingerprint density at radius 1 is 1.27 bits per heavy atom. The number of halogens is 2. The van der Waals surface area contributed by atoms with Gasteiger partial charge < -0.3 is 10.1 Å². The molecule has 1 N–H and O–H groups in total. The Labute approximate surface area is 88.2 Å². The normalized spacial score (nSPS) is 30.8. The van der Waals surface area contributed by atoms with E-state index >= 15 is 0 Å². The summed E-state index contributed by atoms with van der Waals surface area (Å²) in [6.07, 6.45) is -4.34. The largest absolute Gasteiger partial charge is 0.376 e. The topological polar surface area (TPSA) is 38.3 Å². The van der Waals surface area contributed by atoms with Gasteiger partial charge in [-0.3, -0.25) is 4.79 Å². The fourth-order valence-electron chi connectivity index (χ4n) is 1.61. The summed E-state index contributed by atoms with van der Waals surface area (Å²) in [5.41, 5.74) is 0. The second-order valence-electron chi connectivity index (χ2n) is 4.57. The molecule has 1 heterocycles. The highest BCUT2D eigenvalue weighted by Crippen LogP contribution is 2.32. The van der Waals surface area contributed by atoms with Gasteiger partial charge in [-0.05, 0) is 11.8 Å². The molecule has 2 unspecified atom stereocenters. The van der Waals surface area contributed by atoms with Crippen molar-refractivity contribution in [3.63, 3.8) is 0 Å². The molecule has 15 heavy (non-hydrogen) atoms. The van der Waals surface area contributed by atoms with Gasteiger partial charge in [-0.1, -0.05) is 27.7 Å². The van der Waals surface area contributed by atoms with Gasteiger partial charge in [0.1, 0.15) is 12.1 Å². The lowest BCUT2D eigenvalue weighted by Gasteiger charge is -2.39. The first-order valence-electron chi connectivity index (χ1n) is 5.11. The lowest BCUT2D eigenvalue weighted by Crippen LogP contribution is -2.62. The van der Waals surface area contributed by atoms with Crippen molar-refractivity contribution >= 4 is 5.91 Å². The predicted octanol–water partition coefficient (Wildman–Crippen LogP) is 1.77. The molecule has 0 aromatic rings. The molecule has 1 aliphatic heterocycles. The molecule has 1 rings (SSSR count). The van der Waals surface area contributed by atoms with E-state index in [4.69, 9.17) is 0 Å². The monoisotopic (exact) mass is 221 g/mol. The van der Waals surface area contributed by atoms with Crippen molar-refractivity contribution < 1.29 is 18.3 Å². The third-order valence-corrected chi connectivity index (χ3v) is 2.47. The minimum absolute atomic E-state index is 0.260. The van der Waals surface area contributed by atoms with Gasteiger partial charge in [-0.2, -0.15) is 8.78 Å². The Hall–Kier alpha value is -0.710.